The molecule has 1 unspecified atom stereocenters. The van der Waals surface area contributed by atoms with Gasteiger partial charge in [0.15, 0.2) is 0 Å². The number of aromatic nitrogens is 2. The van der Waals surface area contributed by atoms with E-state index in [2.05, 4.69) is 36.5 Å². The number of carbonyl (C=O) groups excluding carboxylic acids is 1. The number of rotatable bonds is 4. The standard InChI is InChI=1S/C9H13BrN4O/c1-3-11-9(15)6(2)14-8-4-7(10)12-5-13-8/h4-6H,3H2,1-2H3,(H,11,15)(H,12,13,14). The molecule has 6 heteroatoms. The minimum atomic E-state index is -0.313. The lowest BCUT2D eigenvalue weighted by Gasteiger charge is -2.13. The van der Waals surface area contributed by atoms with Crippen LogP contribution in [0.25, 0.3) is 0 Å². The smallest absolute Gasteiger partial charge is 0.242 e. The Morgan fingerprint density at radius 2 is 2.33 bits per heavy atom. The third-order valence-corrected chi connectivity index (χ3v) is 2.18. The minimum Gasteiger partial charge on any atom is -0.358 e. The zero-order valence-corrected chi connectivity index (χ0v) is 10.2. The van der Waals surface area contributed by atoms with Gasteiger partial charge in [-0.3, -0.25) is 4.79 Å². The van der Waals surface area contributed by atoms with Crippen LogP contribution >= 0.6 is 15.9 Å². The van der Waals surface area contributed by atoms with Crippen LogP contribution in [0, 0.1) is 0 Å². The molecule has 0 bridgehead atoms. The summed E-state index contributed by atoms with van der Waals surface area (Å²) in [4.78, 5) is 19.3. The third kappa shape index (κ3) is 3.83. The summed E-state index contributed by atoms with van der Waals surface area (Å²) in [7, 11) is 0. The fourth-order valence-corrected chi connectivity index (χ4v) is 1.34. The predicted molar refractivity (Wildman–Crippen MR) is 61.5 cm³/mol. The highest BCUT2D eigenvalue weighted by molar-refractivity contribution is 9.10. The van der Waals surface area contributed by atoms with Crippen LogP contribution in [0.2, 0.25) is 0 Å². The molecule has 0 aliphatic heterocycles. The molecular weight excluding hydrogens is 260 g/mol. The van der Waals surface area contributed by atoms with Crippen molar-refractivity contribution in [2.45, 2.75) is 19.9 Å². The Bertz CT molecular complexity index is 345. The normalized spacial score (nSPS) is 11.9. The molecule has 2 N–H and O–H groups in total. The van der Waals surface area contributed by atoms with Crippen LogP contribution in [-0.4, -0.2) is 28.5 Å². The van der Waals surface area contributed by atoms with Crippen LogP contribution in [0.15, 0.2) is 17.0 Å². The van der Waals surface area contributed by atoms with E-state index in [4.69, 9.17) is 0 Å². The van der Waals surface area contributed by atoms with E-state index in [1.54, 1.807) is 13.0 Å². The van der Waals surface area contributed by atoms with Crippen LogP contribution in [0.4, 0.5) is 5.82 Å². The van der Waals surface area contributed by atoms with Gasteiger partial charge in [0.1, 0.15) is 22.8 Å². The molecule has 0 saturated heterocycles. The molecule has 1 aromatic heterocycles. The Labute approximate surface area is 96.8 Å². The van der Waals surface area contributed by atoms with E-state index in [1.807, 2.05) is 6.92 Å². The highest BCUT2D eigenvalue weighted by Gasteiger charge is 2.11. The molecule has 0 aromatic carbocycles. The molecule has 0 aliphatic rings. The number of hydrogen-bond donors (Lipinski definition) is 2. The molecule has 15 heavy (non-hydrogen) atoms. The third-order valence-electron chi connectivity index (χ3n) is 1.74. The van der Waals surface area contributed by atoms with Gasteiger partial charge >= 0.3 is 0 Å². The lowest BCUT2D eigenvalue weighted by Crippen LogP contribution is -2.37. The topological polar surface area (TPSA) is 66.9 Å². The number of likely N-dealkylation sites (N-methyl/N-ethyl adjacent to an activating group) is 1. The molecular formula is C9H13BrN4O. The number of hydrogen-bond acceptors (Lipinski definition) is 4. The SMILES string of the molecule is CCNC(=O)C(C)Nc1cc(Br)ncn1. The van der Waals surface area contributed by atoms with Crippen molar-refractivity contribution in [3.8, 4) is 0 Å². The monoisotopic (exact) mass is 272 g/mol. The molecule has 1 rings (SSSR count). The molecule has 0 spiro atoms. The van der Waals surface area contributed by atoms with Gasteiger partial charge in [0.25, 0.3) is 0 Å². The summed E-state index contributed by atoms with van der Waals surface area (Å²) in [5.74, 6) is 0.572. The Balaban J connectivity index is 2.58. The van der Waals surface area contributed by atoms with Gasteiger partial charge in [0.05, 0.1) is 0 Å². The number of halogens is 1. The number of nitrogens with one attached hydrogen (secondary N) is 2. The maximum Gasteiger partial charge on any atom is 0.242 e. The fourth-order valence-electron chi connectivity index (χ4n) is 1.03. The maximum absolute atomic E-state index is 11.4. The summed E-state index contributed by atoms with van der Waals surface area (Å²) in [6, 6.07) is 1.40. The average Bonchev–Trinajstić information content (AvgIpc) is 2.18. The Morgan fingerprint density at radius 3 is 2.93 bits per heavy atom. The summed E-state index contributed by atoms with van der Waals surface area (Å²) in [5, 5.41) is 5.70. The quantitative estimate of drug-likeness (QED) is 0.808. The highest BCUT2D eigenvalue weighted by atomic mass is 79.9. The molecule has 0 aliphatic carbocycles. The van der Waals surface area contributed by atoms with Gasteiger partial charge < -0.3 is 10.6 Å². The molecule has 5 nitrogen and oxygen atoms in total. The van der Waals surface area contributed by atoms with Crippen LogP contribution in [-0.2, 0) is 4.79 Å². The second kappa shape index (κ2) is 5.65. The zero-order chi connectivity index (χ0) is 11.3. The number of anilines is 1. The molecule has 1 aromatic rings. The van der Waals surface area contributed by atoms with Gasteiger partial charge in [-0.05, 0) is 29.8 Å². The number of carbonyl (C=O) groups is 1. The van der Waals surface area contributed by atoms with E-state index in [1.165, 1.54) is 6.33 Å². The van der Waals surface area contributed by atoms with E-state index in [-0.39, 0.29) is 11.9 Å². The Hall–Kier alpha value is -1.17. The highest BCUT2D eigenvalue weighted by Crippen LogP contribution is 2.10. The summed E-state index contributed by atoms with van der Waals surface area (Å²) in [6.07, 6.45) is 1.43. The molecule has 1 amide bonds. The van der Waals surface area contributed by atoms with Crippen molar-refractivity contribution < 1.29 is 4.79 Å². The van der Waals surface area contributed by atoms with Crippen molar-refractivity contribution in [2.75, 3.05) is 11.9 Å². The second-order valence-electron chi connectivity index (χ2n) is 2.99. The second-order valence-corrected chi connectivity index (χ2v) is 3.80. The molecule has 82 valence electrons. The molecule has 0 radical (unpaired) electrons. The summed E-state index contributed by atoms with van der Waals surface area (Å²) in [5.41, 5.74) is 0. The van der Waals surface area contributed by atoms with Crippen LogP contribution in [0.5, 0.6) is 0 Å². The first-order valence-corrected chi connectivity index (χ1v) is 5.44. The first kappa shape index (κ1) is 11.9. The summed E-state index contributed by atoms with van der Waals surface area (Å²) < 4.78 is 0.683. The lowest BCUT2D eigenvalue weighted by molar-refractivity contribution is -0.121. The lowest BCUT2D eigenvalue weighted by atomic mass is 10.3. The van der Waals surface area contributed by atoms with Crippen molar-refractivity contribution in [1.82, 2.24) is 15.3 Å². The largest absolute Gasteiger partial charge is 0.358 e. The molecule has 0 fully saturated rings. The zero-order valence-electron chi connectivity index (χ0n) is 8.62. The van der Waals surface area contributed by atoms with Crippen molar-refractivity contribution in [3.05, 3.63) is 17.0 Å². The minimum absolute atomic E-state index is 0.0489. The first-order chi connectivity index (χ1) is 7.13. The van der Waals surface area contributed by atoms with Crippen LogP contribution in [0.3, 0.4) is 0 Å². The van der Waals surface area contributed by atoms with E-state index in [0.717, 1.165) is 0 Å². The van der Waals surface area contributed by atoms with Gasteiger partial charge in [-0.2, -0.15) is 0 Å². The fraction of sp³-hybridized carbons (Fsp3) is 0.444. The van der Waals surface area contributed by atoms with Crippen molar-refractivity contribution >= 4 is 27.7 Å². The first-order valence-electron chi connectivity index (χ1n) is 4.65. The predicted octanol–water partition coefficient (Wildman–Crippen LogP) is 1.18. The van der Waals surface area contributed by atoms with E-state index in [9.17, 15) is 4.79 Å². The van der Waals surface area contributed by atoms with E-state index >= 15 is 0 Å². The molecule has 1 atom stereocenters. The van der Waals surface area contributed by atoms with E-state index in [0.29, 0.717) is 17.0 Å². The Morgan fingerprint density at radius 1 is 1.60 bits per heavy atom. The van der Waals surface area contributed by atoms with Gasteiger partial charge in [-0.1, -0.05) is 0 Å². The molecule has 0 saturated carbocycles. The van der Waals surface area contributed by atoms with Crippen LogP contribution < -0.4 is 10.6 Å². The molecule has 1 heterocycles. The van der Waals surface area contributed by atoms with Gasteiger partial charge in [-0.25, -0.2) is 9.97 Å². The van der Waals surface area contributed by atoms with Crippen molar-refractivity contribution in [3.63, 3.8) is 0 Å². The van der Waals surface area contributed by atoms with Gasteiger partial charge in [0.2, 0.25) is 5.91 Å². The average molecular weight is 273 g/mol. The van der Waals surface area contributed by atoms with Crippen molar-refractivity contribution in [2.24, 2.45) is 0 Å². The van der Waals surface area contributed by atoms with Gasteiger partial charge in [-0.15, -0.1) is 0 Å². The Kier molecular flexibility index (Phi) is 4.48. The maximum atomic E-state index is 11.4. The van der Waals surface area contributed by atoms with E-state index < -0.39 is 0 Å². The number of amides is 1. The van der Waals surface area contributed by atoms with Crippen LogP contribution in [0.1, 0.15) is 13.8 Å². The summed E-state index contributed by atoms with van der Waals surface area (Å²) in [6.45, 7) is 4.28. The number of nitrogens with zero attached hydrogens (tertiary/aromatic N) is 2. The van der Waals surface area contributed by atoms with Crippen molar-refractivity contribution in [1.29, 1.82) is 0 Å². The summed E-state index contributed by atoms with van der Waals surface area (Å²) >= 11 is 3.23. The van der Waals surface area contributed by atoms with Gasteiger partial charge in [0, 0.05) is 12.6 Å².